The Labute approximate surface area is 157 Å². The highest BCUT2D eigenvalue weighted by Gasteiger charge is 2.20. The monoisotopic (exact) mass is 418 g/mol. The van der Waals surface area contributed by atoms with E-state index in [9.17, 15) is 9.59 Å². The smallest absolute Gasteiger partial charge is 0.408 e. The molecule has 0 aliphatic carbocycles. The molecule has 1 atom stereocenters. The van der Waals surface area contributed by atoms with Gasteiger partial charge in [-0.25, -0.2) is 4.79 Å². The highest BCUT2D eigenvalue weighted by Crippen LogP contribution is 2.16. The zero-order valence-corrected chi connectivity index (χ0v) is 16.7. The maximum atomic E-state index is 12.1. The second-order valence-corrected chi connectivity index (χ2v) is 7.57. The molecule has 0 radical (unpaired) electrons. The van der Waals surface area contributed by atoms with E-state index in [2.05, 4.69) is 39.2 Å². The normalized spacial score (nSPS) is 12.4. The lowest BCUT2D eigenvalue weighted by Gasteiger charge is -2.24. The van der Waals surface area contributed by atoms with E-state index in [4.69, 9.17) is 4.74 Å². The fraction of sp³-hybridized carbons (Fsp3) is 0.500. The van der Waals surface area contributed by atoms with Gasteiger partial charge >= 0.3 is 6.09 Å². The van der Waals surface area contributed by atoms with Crippen molar-refractivity contribution in [3.8, 4) is 0 Å². The van der Waals surface area contributed by atoms with Gasteiger partial charge in [0, 0.05) is 15.8 Å². The van der Waals surface area contributed by atoms with Crippen LogP contribution < -0.4 is 10.6 Å². The fourth-order valence-corrected chi connectivity index (χ4v) is 2.43. The number of rotatable bonds is 8. The lowest BCUT2D eigenvalue weighted by Crippen LogP contribution is -2.50. The molecule has 134 valence electrons. The molecule has 24 heavy (non-hydrogen) atoms. The average Bonchev–Trinajstić information content (AvgIpc) is 2.50. The summed E-state index contributed by atoms with van der Waals surface area (Å²) in [6.45, 7) is 1.44. The van der Waals surface area contributed by atoms with Gasteiger partial charge in [-0.3, -0.25) is 4.79 Å². The zero-order chi connectivity index (χ0) is 18.2. The molecule has 0 spiro atoms. The first-order chi connectivity index (χ1) is 11.2. The van der Waals surface area contributed by atoms with Crippen LogP contribution in [0.4, 0.5) is 4.79 Å². The zero-order valence-electron chi connectivity index (χ0n) is 14.2. The molecule has 1 aromatic rings. The first-order valence-corrected chi connectivity index (χ1v) is 9.01. The number of hydrogen-bond acceptors (Lipinski definition) is 4. The molecule has 1 rings (SSSR count). The molecule has 0 saturated heterocycles. The fourth-order valence-electron chi connectivity index (χ4n) is 1.77. The van der Waals surface area contributed by atoms with Crippen molar-refractivity contribution in [1.82, 2.24) is 10.6 Å². The quantitative estimate of drug-likeness (QED) is 0.445. The van der Waals surface area contributed by atoms with E-state index >= 15 is 0 Å². The third kappa shape index (κ3) is 8.03. The standard InChI is InChI=1S/C16H24BrN3O3S/c1-20(2,3)9-8-18-15(21)14(11-24)19-16(22)23-10-12-6-4-5-7-13(12)17/h4-7,14H,8-11H2,1-3H3,(H2-,18,19,21,22,24)/p+1/t14-/m0/s1. The van der Waals surface area contributed by atoms with E-state index in [1.165, 1.54) is 0 Å². The van der Waals surface area contributed by atoms with Crippen LogP contribution in [0, 0.1) is 0 Å². The Morgan fingerprint density at radius 3 is 2.54 bits per heavy atom. The summed E-state index contributed by atoms with van der Waals surface area (Å²) < 4.78 is 6.76. The molecule has 2 amide bonds. The van der Waals surface area contributed by atoms with E-state index < -0.39 is 12.1 Å². The van der Waals surface area contributed by atoms with Crippen molar-refractivity contribution in [2.24, 2.45) is 0 Å². The number of ether oxygens (including phenoxy) is 1. The molecule has 0 aromatic heterocycles. The third-order valence-corrected chi connectivity index (χ3v) is 4.33. The third-order valence-electron chi connectivity index (χ3n) is 3.19. The molecule has 0 unspecified atom stereocenters. The Morgan fingerprint density at radius 1 is 1.29 bits per heavy atom. The summed E-state index contributed by atoms with van der Waals surface area (Å²) in [5.41, 5.74) is 0.850. The van der Waals surface area contributed by atoms with Crippen LogP contribution in [-0.4, -0.2) is 62.5 Å². The van der Waals surface area contributed by atoms with Gasteiger partial charge in [0.05, 0.1) is 34.2 Å². The van der Waals surface area contributed by atoms with Crippen molar-refractivity contribution in [3.63, 3.8) is 0 Å². The number of hydrogen-bond donors (Lipinski definition) is 3. The highest BCUT2D eigenvalue weighted by atomic mass is 79.9. The highest BCUT2D eigenvalue weighted by molar-refractivity contribution is 9.10. The molecule has 0 heterocycles. The van der Waals surface area contributed by atoms with E-state index in [0.717, 1.165) is 21.1 Å². The molecule has 6 nitrogen and oxygen atoms in total. The number of carbonyl (C=O) groups excluding carboxylic acids is 2. The Bertz CT molecular complexity index is 564. The Kier molecular flexibility index (Phi) is 8.58. The molecule has 0 fully saturated rings. The molecule has 8 heteroatoms. The van der Waals surface area contributed by atoms with Crippen molar-refractivity contribution in [2.75, 3.05) is 40.0 Å². The maximum absolute atomic E-state index is 12.1. The molecular formula is C16H25BrN3O3S+. The van der Waals surface area contributed by atoms with Crippen LogP contribution in [0.25, 0.3) is 0 Å². The van der Waals surface area contributed by atoms with Crippen LogP contribution >= 0.6 is 28.6 Å². The van der Waals surface area contributed by atoms with Crippen LogP contribution in [0.15, 0.2) is 28.7 Å². The number of carbonyl (C=O) groups is 2. The molecule has 0 bridgehead atoms. The summed E-state index contributed by atoms with van der Waals surface area (Å²) >= 11 is 7.51. The molecule has 0 aliphatic rings. The number of halogens is 1. The van der Waals surface area contributed by atoms with Crippen molar-refractivity contribution >= 4 is 40.6 Å². The Hall–Kier alpha value is -1.25. The molecule has 1 aromatic carbocycles. The number of amides is 2. The summed E-state index contributed by atoms with van der Waals surface area (Å²) in [5, 5.41) is 5.33. The minimum Gasteiger partial charge on any atom is -0.445 e. The Morgan fingerprint density at radius 2 is 1.96 bits per heavy atom. The average molecular weight is 419 g/mol. The van der Waals surface area contributed by atoms with Crippen LogP contribution in [0.2, 0.25) is 0 Å². The SMILES string of the molecule is C[N+](C)(C)CCNC(=O)[C@H](CS)NC(=O)OCc1ccccc1Br. The summed E-state index contributed by atoms with van der Waals surface area (Å²) in [7, 11) is 6.12. The van der Waals surface area contributed by atoms with E-state index in [1.54, 1.807) is 0 Å². The van der Waals surface area contributed by atoms with Gasteiger partial charge in [0.15, 0.2) is 0 Å². The van der Waals surface area contributed by atoms with Gasteiger partial charge in [0.25, 0.3) is 0 Å². The van der Waals surface area contributed by atoms with Crippen LogP contribution in [0.1, 0.15) is 5.56 Å². The first kappa shape index (κ1) is 20.8. The van der Waals surface area contributed by atoms with E-state index in [-0.39, 0.29) is 18.3 Å². The minimum atomic E-state index is -0.729. The van der Waals surface area contributed by atoms with Crippen LogP contribution in [-0.2, 0) is 16.1 Å². The number of nitrogens with one attached hydrogen (secondary N) is 2. The lowest BCUT2D eigenvalue weighted by atomic mass is 10.2. The Balaban J connectivity index is 2.42. The second kappa shape index (κ2) is 9.90. The molecule has 0 saturated carbocycles. The van der Waals surface area contributed by atoms with Gasteiger partial charge in [-0.2, -0.15) is 12.6 Å². The summed E-state index contributed by atoms with van der Waals surface area (Å²) in [6.07, 6.45) is -0.647. The topological polar surface area (TPSA) is 67.4 Å². The number of thiol groups is 1. The first-order valence-electron chi connectivity index (χ1n) is 7.58. The number of benzene rings is 1. The summed E-state index contributed by atoms with van der Waals surface area (Å²) in [4.78, 5) is 23.9. The largest absolute Gasteiger partial charge is 0.445 e. The van der Waals surface area contributed by atoms with Gasteiger partial charge in [-0.05, 0) is 6.07 Å². The number of quaternary nitrogens is 1. The molecular weight excluding hydrogens is 394 g/mol. The minimum absolute atomic E-state index is 0.121. The predicted octanol–water partition coefficient (Wildman–Crippen LogP) is 1.80. The van der Waals surface area contributed by atoms with Gasteiger partial charge < -0.3 is 19.9 Å². The number of alkyl carbamates (subject to hydrolysis) is 1. The van der Waals surface area contributed by atoms with Gasteiger partial charge in [-0.15, -0.1) is 0 Å². The number of nitrogens with zero attached hydrogens (tertiary/aromatic N) is 1. The van der Waals surface area contributed by atoms with Gasteiger partial charge in [0.2, 0.25) is 5.91 Å². The van der Waals surface area contributed by atoms with Crippen LogP contribution in [0.3, 0.4) is 0 Å². The second-order valence-electron chi connectivity index (χ2n) is 6.35. The van der Waals surface area contributed by atoms with Crippen molar-refractivity contribution < 1.29 is 18.8 Å². The number of likely N-dealkylation sites (N-methyl/N-ethyl adjacent to an activating group) is 1. The van der Waals surface area contributed by atoms with Gasteiger partial charge in [0.1, 0.15) is 12.6 Å². The van der Waals surface area contributed by atoms with Crippen molar-refractivity contribution in [1.29, 1.82) is 0 Å². The van der Waals surface area contributed by atoms with Crippen molar-refractivity contribution in [2.45, 2.75) is 12.6 Å². The van der Waals surface area contributed by atoms with E-state index in [1.807, 2.05) is 45.4 Å². The molecule has 2 N–H and O–H groups in total. The summed E-state index contributed by atoms with van der Waals surface area (Å²) in [6, 6.07) is 6.73. The maximum Gasteiger partial charge on any atom is 0.408 e. The lowest BCUT2D eigenvalue weighted by molar-refractivity contribution is -0.869. The summed E-state index contributed by atoms with van der Waals surface area (Å²) in [5.74, 6) is -0.0725. The predicted molar refractivity (Wildman–Crippen MR) is 101 cm³/mol. The van der Waals surface area contributed by atoms with Crippen molar-refractivity contribution in [3.05, 3.63) is 34.3 Å². The molecule has 0 aliphatic heterocycles. The van der Waals surface area contributed by atoms with Gasteiger partial charge in [-0.1, -0.05) is 34.1 Å². The van der Waals surface area contributed by atoms with E-state index in [0.29, 0.717) is 6.54 Å². The van der Waals surface area contributed by atoms with Crippen LogP contribution in [0.5, 0.6) is 0 Å².